The molecule has 1 amide bonds. The van der Waals surface area contributed by atoms with Gasteiger partial charge in [-0.05, 0) is 24.8 Å². The highest BCUT2D eigenvalue weighted by Crippen LogP contribution is 2.22. The molecule has 1 aliphatic rings. The van der Waals surface area contributed by atoms with Gasteiger partial charge in [0.2, 0.25) is 0 Å². The van der Waals surface area contributed by atoms with Crippen LogP contribution < -0.4 is 5.73 Å². The van der Waals surface area contributed by atoms with Crippen molar-refractivity contribution < 1.29 is 9.53 Å². The highest BCUT2D eigenvalue weighted by molar-refractivity contribution is 5.68. The third-order valence-corrected chi connectivity index (χ3v) is 2.53. The second-order valence-electron chi connectivity index (χ2n) is 3.82. The third-order valence-electron chi connectivity index (χ3n) is 2.53. The van der Waals surface area contributed by atoms with Crippen LogP contribution in [0.25, 0.3) is 0 Å². The molecule has 0 aromatic heterocycles. The van der Waals surface area contributed by atoms with Crippen molar-refractivity contribution >= 4 is 6.09 Å². The summed E-state index contributed by atoms with van der Waals surface area (Å²) in [6, 6.07) is 0. The van der Waals surface area contributed by atoms with Crippen LogP contribution in [-0.2, 0) is 4.74 Å². The van der Waals surface area contributed by atoms with Crippen LogP contribution >= 0.6 is 0 Å². The fourth-order valence-corrected chi connectivity index (χ4v) is 1.66. The zero-order valence-electron chi connectivity index (χ0n) is 8.32. The number of carbonyl (C=O) groups excluding carboxylic acids is 1. The van der Waals surface area contributed by atoms with E-state index >= 15 is 0 Å². The topological polar surface area (TPSA) is 55.6 Å². The number of likely N-dealkylation sites (tertiary alicyclic amines) is 1. The molecule has 0 spiro atoms. The first-order valence-corrected chi connectivity index (χ1v) is 4.70. The first-order chi connectivity index (χ1) is 6.17. The molecule has 0 aromatic rings. The summed E-state index contributed by atoms with van der Waals surface area (Å²) in [5.74, 6) is 1.18. The van der Waals surface area contributed by atoms with E-state index in [0.717, 1.165) is 26.1 Å². The lowest BCUT2D eigenvalue weighted by molar-refractivity contribution is 0.0598. The van der Waals surface area contributed by atoms with E-state index in [1.54, 1.807) is 4.90 Å². The molecule has 0 bridgehead atoms. The van der Waals surface area contributed by atoms with Crippen molar-refractivity contribution in [1.29, 1.82) is 0 Å². The Morgan fingerprint density at radius 3 is 2.77 bits per heavy atom. The lowest BCUT2D eigenvalue weighted by atomic mass is 9.90. The van der Waals surface area contributed by atoms with Gasteiger partial charge in [0.15, 0.2) is 0 Å². The molecule has 76 valence electrons. The Kier molecular flexibility index (Phi) is 3.54. The predicted molar refractivity (Wildman–Crippen MR) is 50.3 cm³/mol. The van der Waals surface area contributed by atoms with Crippen molar-refractivity contribution in [1.82, 2.24) is 4.90 Å². The highest BCUT2D eigenvalue weighted by atomic mass is 16.5. The van der Waals surface area contributed by atoms with Crippen LogP contribution in [0.2, 0.25) is 0 Å². The van der Waals surface area contributed by atoms with Gasteiger partial charge in [-0.2, -0.15) is 0 Å². The normalized spacial score (nSPS) is 19.5. The monoisotopic (exact) mass is 186 g/mol. The largest absolute Gasteiger partial charge is 0.453 e. The molecule has 4 nitrogen and oxygen atoms in total. The number of amides is 1. The molecule has 1 aliphatic heterocycles. The minimum Gasteiger partial charge on any atom is -0.453 e. The molecular formula is C9H18N2O2. The molecule has 13 heavy (non-hydrogen) atoms. The summed E-state index contributed by atoms with van der Waals surface area (Å²) < 4.78 is 4.60. The maximum absolute atomic E-state index is 11.0. The Hall–Kier alpha value is -0.770. The van der Waals surface area contributed by atoms with Gasteiger partial charge in [0, 0.05) is 13.1 Å². The van der Waals surface area contributed by atoms with Gasteiger partial charge in [-0.3, -0.25) is 0 Å². The maximum Gasteiger partial charge on any atom is 0.409 e. The lowest BCUT2D eigenvalue weighted by Crippen LogP contribution is -2.50. The Balaban J connectivity index is 2.15. The highest BCUT2D eigenvalue weighted by Gasteiger charge is 2.31. The molecule has 1 saturated heterocycles. The zero-order chi connectivity index (χ0) is 9.84. The van der Waals surface area contributed by atoms with Gasteiger partial charge in [0.25, 0.3) is 0 Å². The molecule has 2 N–H and O–H groups in total. The van der Waals surface area contributed by atoms with Crippen molar-refractivity contribution in [2.24, 2.45) is 17.6 Å². The molecule has 4 heteroatoms. The van der Waals surface area contributed by atoms with E-state index in [1.165, 1.54) is 7.11 Å². The van der Waals surface area contributed by atoms with Gasteiger partial charge < -0.3 is 15.4 Å². The van der Waals surface area contributed by atoms with E-state index in [1.807, 2.05) is 0 Å². The second-order valence-corrected chi connectivity index (χ2v) is 3.82. The summed E-state index contributed by atoms with van der Waals surface area (Å²) in [5.41, 5.74) is 5.51. The zero-order valence-corrected chi connectivity index (χ0v) is 8.32. The van der Waals surface area contributed by atoms with E-state index in [9.17, 15) is 4.79 Å². The van der Waals surface area contributed by atoms with Crippen molar-refractivity contribution in [2.75, 3.05) is 26.7 Å². The van der Waals surface area contributed by atoms with Gasteiger partial charge in [-0.1, -0.05) is 6.92 Å². The number of methoxy groups -OCH3 is 1. The predicted octanol–water partition coefficient (Wildman–Crippen LogP) is 0.670. The average Bonchev–Trinajstić information content (AvgIpc) is 2.08. The van der Waals surface area contributed by atoms with Crippen LogP contribution in [0.1, 0.15) is 13.3 Å². The van der Waals surface area contributed by atoms with Crippen LogP contribution in [0.4, 0.5) is 4.79 Å². The summed E-state index contributed by atoms with van der Waals surface area (Å²) in [6.07, 6.45) is 0.904. The SMILES string of the molecule is COC(=O)N1CC(CC(C)CN)C1. The molecule has 0 aliphatic carbocycles. The minimum atomic E-state index is -0.211. The molecule has 0 aromatic carbocycles. The fraction of sp³-hybridized carbons (Fsp3) is 0.889. The molecule has 0 radical (unpaired) electrons. The molecular weight excluding hydrogens is 168 g/mol. The summed E-state index contributed by atoms with van der Waals surface area (Å²) in [6.45, 7) is 4.53. The smallest absolute Gasteiger partial charge is 0.409 e. The number of hydrogen-bond donors (Lipinski definition) is 1. The van der Waals surface area contributed by atoms with Crippen molar-refractivity contribution in [2.45, 2.75) is 13.3 Å². The van der Waals surface area contributed by atoms with Gasteiger partial charge in [0.05, 0.1) is 7.11 Å². The summed E-state index contributed by atoms with van der Waals surface area (Å²) >= 11 is 0. The van der Waals surface area contributed by atoms with E-state index in [0.29, 0.717) is 11.8 Å². The van der Waals surface area contributed by atoms with Crippen molar-refractivity contribution in [3.05, 3.63) is 0 Å². The first-order valence-electron chi connectivity index (χ1n) is 4.70. The summed E-state index contributed by atoms with van der Waals surface area (Å²) in [7, 11) is 1.41. The Morgan fingerprint density at radius 2 is 2.31 bits per heavy atom. The third kappa shape index (κ3) is 2.59. The lowest BCUT2D eigenvalue weighted by Gasteiger charge is -2.39. The number of ether oxygens (including phenoxy) is 1. The molecule has 1 fully saturated rings. The van der Waals surface area contributed by atoms with Crippen molar-refractivity contribution in [3.8, 4) is 0 Å². The van der Waals surface area contributed by atoms with E-state index in [-0.39, 0.29) is 6.09 Å². The first kappa shape index (κ1) is 10.3. The van der Waals surface area contributed by atoms with Gasteiger partial charge in [-0.15, -0.1) is 0 Å². The molecule has 1 atom stereocenters. The van der Waals surface area contributed by atoms with Crippen LogP contribution in [0, 0.1) is 11.8 Å². The van der Waals surface area contributed by atoms with E-state index in [2.05, 4.69) is 11.7 Å². The van der Waals surface area contributed by atoms with Crippen molar-refractivity contribution in [3.63, 3.8) is 0 Å². The van der Waals surface area contributed by atoms with Gasteiger partial charge >= 0.3 is 6.09 Å². The number of nitrogens with two attached hydrogens (primary N) is 1. The minimum absolute atomic E-state index is 0.211. The maximum atomic E-state index is 11.0. The Bertz CT molecular complexity index is 178. The van der Waals surface area contributed by atoms with Gasteiger partial charge in [-0.25, -0.2) is 4.79 Å². The summed E-state index contributed by atoms with van der Waals surface area (Å²) in [5, 5.41) is 0. The van der Waals surface area contributed by atoms with E-state index in [4.69, 9.17) is 5.73 Å². The number of carbonyl (C=O) groups is 1. The van der Waals surface area contributed by atoms with Crippen LogP contribution in [0.15, 0.2) is 0 Å². The molecule has 1 unspecified atom stereocenters. The Labute approximate surface area is 79.0 Å². The fourth-order valence-electron chi connectivity index (χ4n) is 1.66. The molecule has 1 rings (SSSR count). The summed E-state index contributed by atoms with van der Waals surface area (Å²) in [4.78, 5) is 12.7. The molecule has 0 saturated carbocycles. The standard InChI is InChI=1S/C9H18N2O2/c1-7(4-10)3-8-5-11(6-8)9(12)13-2/h7-8H,3-6,10H2,1-2H3. The number of nitrogens with zero attached hydrogens (tertiary/aromatic N) is 1. The quantitative estimate of drug-likeness (QED) is 0.704. The molecule has 1 heterocycles. The Morgan fingerprint density at radius 1 is 1.69 bits per heavy atom. The average molecular weight is 186 g/mol. The van der Waals surface area contributed by atoms with Gasteiger partial charge in [0.1, 0.15) is 0 Å². The number of hydrogen-bond acceptors (Lipinski definition) is 3. The van der Waals surface area contributed by atoms with Crippen LogP contribution in [0.3, 0.4) is 0 Å². The van der Waals surface area contributed by atoms with Crippen LogP contribution in [0.5, 0.6) is 0 Å². The second kappa shape index (κ2) is 4.46. The van der Waals surface area contributed by atoms with E-state index < -0.39 is 0 Å². The number of rotatable bonds is 3. The van der Waals surface area contributed by atoms with Crippen LogP contribution in [-0.4, -0.2) is 37.7 Å².